The largest absolute Gasteiger partial charge is 0.497 e. The molecule has 166 valence electrons. The number of amides is 2. The van der Waals surface area contributed by atoms with E-state index in [2.05, 4.69) is 10.6 Å². The van der Waals surface area contributed by atoms with Gasteiger partial charge in [-0.15, -0.1) is 0 Å². The van der Waals surface area contributed by atoms with Gasteiger partial charge in [-0.3, -0.25) is 14.4 Å². The summed E-state index contributed by atoms with van der Waals surface area (Å²) < 4.78 is 20.5. The van der Waals surface area contributed by atoms with Crippen molar-refractivity contribution in [2.45, 2.75) is 19.8 Å². The monoisotopic (exact) mass is 430 g/mol. The minimum Gasteiger partial charge on any atom is -0.497 e. The van der Waals surface area contributed by atoms with Gasteiger partial charge in [0.15, 0.2) is 6.61 Å². The molecule has 9 nitrogen and oxygen atoms in total. The Kier molecular flexibility index (Phi) is 9.15. The van der Waals surface area contributed by atoms with E-state index in [-0.39, 0.29) is 18.7 Å². The fraction of sp³-hybridized carbons (Fsp3) is 0.318. The van der Waals surface area contributed by atoms with Crippen molar-refractivity contribution in [2.75, 3.05) is 38.1 Å². The van der Waals surface area contributed by atoms with Crippen molar-refractivity contribution in [2.24, 2.45) is 0 Å². The van der Waals surface area contributed by atoms with Crippen LogP contribution < -0.4 is 24.8 Å². The maximum Gasteiger partial charge on any atom is 0.306 e. The second-order valence-corrected chi connectivity index (χ2v) is 6.28. The highest BCUT2D eigenvalue weighted by Crippen LogP contribution is 2.28. The molecule has 0 radical (unpaired) electrons. The van der Waals surface area contributed by atoms with Crippen molar-refractivity contribution < 1.29 is 33.3 Å². The molecule has 9 heteroatoms. The van der Waals surface area contributed by atoms with Crippen LogP contribution in [0.5, 0.6) is 17.2 Å². The lowest BCUT2D eigenvalue weighted by molar-refractivity contribution is -0.147. The first kappa shape index (κ1) is 23.5. The third kappa shape index (κ3) is 7.88. The molecular formula is C22H26N2O7. The first-order valence-electron chi connectivity index (χ1n) is 9.65. The molecular weight excluding hydrogens is 404 g/mol. The number of carbonyl (C=O) groups excluding carboxylic acids is 3. The molecule has 0 aliphatic carbocycles. The number of methoxy groups -OCH3 is 2. The average Bonchev–Trinajstić information content (AvgIpc) is 2.78. The zero-order chi connectivity index (χ0) is 22.6. The van der Waals surface area contributed by atoms with Crippen LogP contribution in [-0.4, -0.2) is 45.2 Å². The van der Waals surface area contributed by atoms with Gasteiger partial charge in [-0.05, 0) is 43.3 Å². The molecule has 0 aliphatic rings. The SMILES string of the molecule is CCOc1ccc(NC(=O)CCC(=O)OCC(=O)Nc2ccc(OC)cc2OC)cc1. The van der Waals surface area contributed by atoms with Gasteiger partial charge in [-0.25, -0.2) is 0 Å². The standard InChI is InChI=1S/C22H26N2O7/c1-4-30-16-7-5-15(6-8-16)23-20(25)11-12-22(27)31-14-21(26)24-18-10-9-17(28-2)13-19(18)29-3/h5-10,13H,4,11-12,14H2,1-3H3,(H,23,25)(H,24,26). The maximum atomic E-state index is 12.0. The molecule has 0 aliphatic heterocycles. The Morgan fingerprint density at radius 3 is 2.19 bits per heavy atom. The number of anilines is 2. The lowest BCUT2D eigenvalue weighted by Crippen LogP contribution is -2.22. The van der Waals surface area contributed by atoms with Gasteiger partial charge < -0.3 is 29.6 Å². The van der Waals surface area contributed by atoms with Crippen LogP contribution in [0.3, 0.4) is 0 Å². The molecule has 31 heavy (non-hydrogen) atoms. The van der Waals surface area contributed by atoms with Crippen LogP contribution in [0.15, 0.2) is 42.5 Å². The van der Waals surface area contributed by atoms with Crippen molar-refractivity contribution in [1.82, 2.24) is 0 Å². The van der Waals surface area contributed by atoms with Crippen LogP contribution in [0.4, 0.5) is 11.4 Å². The number of nitrogens with one attached hydrogen (secondary N) is 2. The molecule has 0 unspecified atom stereocenters. The Morgan fingerprint density at radius 1 is 0.839 bits per heavy atom. The summed E-state index contributed by atoms with van der Waals surface area (Å²) in [5.41, 5.74) is 1.01. The summed E-state index contributed by atoms with van der Waals surface area (Å²) in [6, 6.07) is 11.8. The van der Waals surface area contributed by atoms with E-state index < -0.39 is 18.5 Å². The van der Waals surface area contributed by atoms with Crippen LogP contribution in [0.25, 0.3) is 0 Å². The molecule has 2 aromatic rings. The normalized spacial score (nSPS) is 10.0. The highest BCUT2D eigenvalue weighted by molar-refractivity contribution is 5.95. The fourth-order valence-electron chi connectivity index (χ4n) is 2.55. The van der Waals surface area contributed by atoms with Crippen molar-refractivity contribution in [3.8, 4) is 17.2 Å². The predicted molar refractivity (Wildman–Crippen MR) is 115 cm³/mol. The summed E-state index contributed by atoms with van der Waals surface area (Å²) in [5, 5.41) is 5.27. The third-order valence-electron chi connectivity index (χ3n) is 4.05. The quantitative estimate of drug-likeness (QED) is 0.527. The molecule has 0 spiro atoms. The van der Waals surface area contributed by atoms with Crippen molar-refractivity contribution >= 4 is 29.2 Å². The maximum absolute atomic E-state index is 12.0. The summed E-state index contributed by atoms with van der Waals surface area (Å²) in [5.74, 6) is 0.160. The Labute approximate surface area is 180 Å². The fourth-order valence-corrected chi connectivity index (χ4v) is 2.55. The predicted octanol–water partition coefficient (Wildman–Crippen LogP) is 3.00. The first-order chi connectivity index (χ1) is 14.9. The number of esters is 1. The van der Waals surface area contributed by atoms with Gasteiger partial charge in [-0.2, -0.15) is 0 Å². The Bertz CT molecular complexity index is 897. The van der Waals surface area contributed by atoms with Gasteiger partial charge >= 0.3 is 5.97 Å². The van der Waals surface area contributed by atoms with Crippen molar-refractivity contribution in [3.05, 3.63) is 42.5 Å². The number of hydrogen-bond acceptors (Lipinski definition) is 7. The summed E-state index contributed by atoms with van der Waals surface area (Å²) >= 11 is 0. The van der Waals surface area contributed by atoms with E-state index in [1.165, 1.54) is 14.2 Å². The molecule has 2 amide bonds. The van der Waals surface area contributed by atoms with Gasteiger partial charge in [-0.1, -0.05) is 0 Å². The van der Waals surface area contributed by atoms with E-state index in [1.807, 2.05) is 6.92 Å². The lowest BCUT2D eigenvalue weighted by Gasteiger charge is -2.12. The summed E-state index contributed by atoms with van der Waals surface area (Å²) in [7, 11) is 2.98. The molecule has 0 fully saturated rings. The molecule has 0 aromatic heterocycles. The van der Waals surface area contributed by atoms with E-state index in [0.717, 1.165) is 0 Å². The zero-order valence-electron chi connectivity index (χ0n) is 17.7. The molecule has 0 atom stereocenters. The van der Waals surface area contributed by atoms with Crippen molar-refractivity contribution in [3.63, 3.8) is 0 Å². The van der Waals surface area contributed by atoms with Gasteiger partial charge in [0.05, 0.1) is 32.9 Å². The zero-order valence-corrected chi connectivity index (χ0v) is 17.7. The lowest BCUT2D eigenvalue weighted by atomic mass is 10.2. The van der Waals surface area contributed by atoms with E-state index in [1.54, 1.807) is 42.5 Å². The van der Waals surface area contributed by atoms with Gasteiger partial charge in [0, 0.05) is 18.2 Å². The minimum atomic E-state index is -0.654. The second kappa shape index (κ2) is 12.1. The Balaban J connectivity index is 1.72. The number of rotatable bonds is 11. The van der Waals surface area contributed by atoms with E-state index in [9.17, 15) is 14.4 Å². The number of ether oxygens (including phenoxy) is 4. The molecule has 0 saturated heterocycles. The molecule has 0 bridgehead atoms. The highest BCUT2D eigenvalue weighted by atomic mass is 16.5. The van der Waals surface area contributed by atoms with E-state index in [4.69, 9.17) is 18.9 Å². The summed E-state index contributed by atoms with van der Waals surface area (Å²) in [6.45, 7) is 1.96. The van der Waals surface area contributed by atoms with Crippen LogP contribution in [0, 0.1) is 0 Å². The van der Waals surface area contributed by atoms with Crippen LogP contribution in [0.1, 0.15) is 19.8 Å². The van der Waals surface area contributed by atoms with E-state index >= 15 is 0 Å². The Hall–Kier alpha value is -3.75. The smallest absolute Gasteiger partial charge is 0.306 e. The summed E-state index contributed by atoms with van der Waals surface area (Å²) in [6.07, 6.45) is -0.220. The minimum absolute atomic E-state index is 0.0695. The molecule has 2 rings (SSSR count). The van der Waals surface area contributed by atoms with Gasteiger partial charge in [0.2, 0.25) is 5.91 Å². The topological polar surface area (TPSA) is 112 Å². The van der Waals surface area contributed by atoms with Crippen LogP contribution in [0.2, 0.25) is 0 Å². The first-order valence-corrected chi connectivity index (χ1v) is 9.65. The molecule has 0 heterocycles. The van der Waals surface area contributed by atoms with Crippen LogP contribution >= 0.6 is 0 Å². The second-order valence-electron chi connectivity index (χ2n) is 6.28. The van der Waals surface area contributed by atoms with E-state index in [0.29, 0.717) is 35.2 Å². The number of benzene rings is 2. The number of carbonyl (C=O) groups is 3. The van der Waals surface area contributed by atoms with Crippen LogP contribution in [-0.2, 0) is 19.1 Å². The molecule has 2 N–H and O–H groups in total. The number of hydrogen-bond donors (Lipinski definition) is 2. The van der Waals surface area contributed by atoms with Gasteiger partial charge in [0.25, 0.3) is 5.91 Å². The van der Waals surface area contributed by atoms with Gasteiger partial charge in [0.1, 0.15) is 17.2 Å². The average molecular weight is 430 g/mol. The third-order valence-corrected chi connectivity index (χ3v) is 4.05. The highest BCUT2D eigenvalue weighted by Gasteiger charge is 2.13. The molecule has 0 saturated carbocycles. The Morgan fingerprint density at radius 2 is 1.55 bits per heavy atom. The summed E-state index contributed by atoms with van der Waals surface area (Å²) in [4.78, 5) is 35.8. The molecule has 2 aromatic carbocycles. The van der Waals surface area contributed by atoms with Crippen molar-refractivity contribution in [1.29, 1.82) is 0 Å².